The number of hydrogen-bond acceptors (Lipinski definition) is 4. The third-order valence-corrected chi connectivity index (χ3v) is 6.36. The molecule has 1 aromatic heterocycles. The van der Waals surface area contributed by atoms with Gasteiger partial charge in [-0.2, -0.15) is 11.8 Å². The molecule has 0 aromatic carbocycles. The van der Waals surface area contributed by atoms with E-state index in [1.165, 1.54) is 35.6 Å². The summed E-state index contributed by atoms with van der Waals surface area (Å²) in [6.07, 6.45) is 4.85. The lowest BCUT2D eigenvalue weighted by molar-refractivity contribution is 0.615. The predicted molar refractivity (Wildman–Crippen MR) is 99.3 cm³/mol. The second kappa shape index (κ2) is 8.77. The largest absolute Gasteiger partial charge is 0.356 e. The number of hydrogen-bond donors (Lipinski definition) is 2. The maximum Gasteiger partial charge on any atom is 0.191 e. The summed E-state index contributed by atoms with van der Waals surface area (Å²) >= 11 is 3.89. The number of nitrogens with one attached hydrogen (secondary N) is 2. The fourth-order valence-corrected chi connectivity index (χ4v) is 5.03. The van der Waals surface area contributed by atoms with Crippen LogP contribution in [-0.4, -0.2) is 41.6 Å². The van der Waals surface area contributed by atoms with Gasteiger partial charge in [0.05, 0.1) is 10.7 Å². The standard InChI is InChI=1S/C16H28N4S2/c1-5-21-14-7-6-13(10-14)20-16(17-4)18-9-8-15-11(2)19-12(3)22-15/h13-14H,5-10H2,1-4H3,(H2,17,18,20). The number of aliphatic imine (C=N–C) groups is 1. The van der Waals surface area contributed by atoms with E-state index in [9.17, 15) is 0 Å². The summed E-state index contributed by atoms with van der Waals surface area (Å²) in [4.78, 5) is 10.2. The van der Waals surface area contributed by atoms with Crippen molar-refractivity contribution in [2.45, 2.75) is 57.7 Å². The molecule has 124 valence electrons. The zero-order valence-corrected chi connectivity index (χ0v) is 15.7. The third-order valence-electron chi connectivity index (χ3n) is 4.00. The number of aryl methyl sites for hydroxylation is 2. The quantitative estimate of drug-likeness (QED) is 0.617. The van der Waals surface area contributed by atoms with Crippen molar-refractivity contribution in [1.82, 2.24) is 15.6 Å². The van der Waals surface area contributed by atoms with E-state index in [0.29, 0.717) is 6.04 Å². The minimum Gasteiger partial charge on any atom is -0.356 e. The van der Waals surface area contributed by atoms with Crippen LogP contribution in [0.5, 0.6) is 0 Å². The molecule has 2 rings (SSSR count). The van der Waals surface area contributed by atoms with Crippen molar-refractivity contribution in [1.29, 1.82) is 0 Å². The molecule has 6 heteroatoms. The van der Waals surface area contributed by atoms with E-state index in [-0.39, 0.29) is 0 Å². The van der Waals surface area contributed by atoms with Gasteiger partial charge in [-0.3, -0.25) is 4.99 Å². The normalized spacial score (nSPS) is 22.1. The molecule has 1 saturated carbocycles. The summed E-state index contributed by atoms with van der Waals surface area (Å²) in [6, 6.07) is 0.572. The van der Waals surface area contributed by atoms with Crippen LogP contribution in [0.1, 0.15) is 41.8 Å². The van der Waals surface area contributed by atoms with Crippen molar-refractivity contribution in [2.24, 2.45) is 4.99 Å². The first-order valence-electron chi connectivity index (χ1n) is 8.14. The van der Waals surface area contributed by atoms with Crippen LogP contribution >= 0.6 is 23.1 Å². The Bertz CT molecular complexity index is 498. The molecule has 1 aliphatic carbocycles. The maximum absolute atomic E-state index is 4.48. The molecule has 2 N–H and O–H groups in total. The van der Waals surface area contributed by atoms with Crippen molar-refractivity contribution in [3.63, 3.8) is 0 Å². The first-order chi connectivity index (χ1) is 10.6. The van der Waals surface area contributed by atoms with Gasteiger partial charge in [0.2, 0.25) is 0 Å². The maximum atomic E-state index is 4.48. The molecule has 0 saturated heterocycles. The highest BCUT2D eigenvalue weighted by Crippen LogP contribution is 2.29. The smallest absolute Gasteiger partial charge is 0.191 e. The molecule has 2 atom stereocenters. The summed E-state index contributed by atoms with van der Waals surface area (Å²) < 4.78 is 0. The number of rotatable bonds is 6. The van der Waals surface area contributed by atoms with Gasteiger partial charge in [-0.25, -0.2) is 4.98 Å². The zero-order chi connectivity index (χ0) is 15.9. The van der Waals surface area contributed by atoms with Gasteiger partial charge < -0.3 is 10.6 Å². The second-order valence-electron chi connectivity index (χ2n) is 5.72. The van der Waals surface area contributed by atoms with E-state index in [1.807, 2.05) is 7.05 Å². The molecule has 0 radical (unpaired) electrons. The molecule has 1 aromatic rings. The first-order valence-corrected chi connectivity index (χ1v) is 10.0. The van der Waals surface area contributed by atoms with Gasteiger partial charge in [0.15, 0.2) is 5.96 Å². The molecule has 4 nitrogen and oxygen atoms in total. The van der Waals surface area contributed by atoms with Crippen LogP contribution in [0.15, 0.2) is 4.99 Å². The molecule has 1 heterocycles. The Hall–Kier alpha value is -0.750. The van der Waals surface area contributed by atoms with E-state index in [2.05, 4.69) is 53.1 Å². The summed E-state index contributed by atoms with van der Waals surface area (Å²) in [7, 11) is 1.85. The van der Waals surface area contributed by atoms with Crippen molar-refractivity contribution < 1.29 is 0 Å². The number of thioether (sulfide) groups is 1. The lowest BCUT2D eigenvalue weighted by Crippen LogP contribution is -2.43. The first kappa shape index (κ1) is 17.6. The molecule has 0 spiro atoms. The predicted octanol–water partition coefficient (Wildman–Crippen LogP) is 3.14. The zero-order valence-electron chi connectivity index (χ0n) is 14.1. The molecular weight excluding hydrogens is 312 g/mol. The van der Waals surface area contributed by atoms with Crippen molar-refractivity contribution in [2.75, 3.05) is 19.3 Å². The second-order valence-corrected chi connectivity index (χ2v) is 8.59. The molecule has 22 heavy (non-hydrogen) atoms. The van der Waals surface area contributed by atoms with Crippen LogP contribution in [0.4, 0.5) is 0 Å². The number of nitrogens with zero attached hydrogens (tertiary/aromatic N) is 2. The van der Waals surface area contributed by atoms with Crippen LogP contribution in [-0.2, 0) is 6.42 Å². The van der Waals surface area contributed by atoms with Gasteiger partial charge in [-0.15, -0.1) is 11.3 Å². The fourth-order valence-electron chi connectivity index (χ4n) is 2.95. The van der Waals surface area contributed by atoms with Gasteiger partial charge in [0.1, 0.15) is 0 Å². The SMILES string of the molecule is CCSC1CCC(NC(=NC)NCCc2sc(C)nc2C)C1. The summed E-state index contributed by atoms with van der Waals surface area (Å²) in [5.41, 5.74) is 1.17. The van der Waals surface area contributed by atoms with Gasteiger partial charge in [-0.1, -0.05) is 6.92 Å². The van der Waals surface area contributed by atoms with Gasteiger partial charge in [0.25, 0.3) is 0 Å². The van der Waals surface area contributed by atoms with Crippen molar-refractivity contribution >= 4 is 29.1 Å². The number of aromatic nitrogens is 1. The van der Waals surface area contributed by atoms with E-state index >= 15 is 0 Å². The van der Waals surface area contributed by atoms with E-state index < -0.39 is 0 Å². The molecule has 1 aliphatic rings. The van der Waals surface area contributed by atoms with Gasteiger partial charge in [-0.05, 0) is 38.9 Å². The highest BCUT2D eigenvalue weighted by Gasteiger charge is 2.24. The summed E-state index contributed by atoms with van der Waals surface area (Å²) in [5.74, 6) is 2.16. The Balaban J connectivity index is 1.73. The molecule has 0 amide bonds. The van der Waals surface area contributed by atoms with Gasteiger partial charge in [0, 0.05) is 36.2 Å². The fraction of sp³-hybridized carbons (Fsp3) is 0.750. The minimum atomic E-state index is 0.572. The lowest BCUT2D eigenvalue weighted by atomic mass is 10.2. The Morgan fingerprint density at radius 1 is 1.41 bits per heavy atom. The van der Waals surface area contributed by atoms with Crippen LogP contribution in [0.3, 0.4) is 0 Å². The highest BCUT2D eigenvalue weighted by atomic mass is 32.2. The van der Waals surface area contributed by atoms with Crippen LogP contribution in [0.2, 0.25) is 0 Å². The van der Waals surface area contributed by atoms with Crippen molar-refractivity contribution in [3.05, 3.63) is 15.6 Å². The Morgan fingerprint density at radius 3 is 2.86 bits per heavy atom. The van der Waals surface area contributed by atoms with E-state index in [0.717, 1.165) is 29.2 Å². The molecule has 0 aliphatic heterocycles. The third kappa shape index (κ3) is 5.16. The molecule has 1 fully saturated rings. The highest BCUT2D eigenvalue weighted by molar-refractivity contribution is 7.99. The molecule has 0 bridgehead atoms. The van der Waals surface area contributed by atoms with Crippen LogP contribution in [0, 0.1) is 13.8 Å². The summed E-state index contributed by atoms with van der Waals surface area (Å²) in [5, 5.41) is 8.99. The van der Waals surface area contributed by atoms with E-state index in [4.69, 9.17) is 0 Å². The van der Waals surface area contributed by atoms with E-state index in [1.54, 1.807) is 11.3 Å². The summed E-state index contributed by atoms with van der Waals surface area (Å²) in [6.45, 7) is 7.31. The number of thiazole rings is 1. The lowest BCUT2D eigenvalue weighted by Gasteiger charge is -2.17. The topological polar surface area (TPSA) is 49.3 Å². The molecule has 2 unspecified atom stereocenters. The minimum absolute atomic E-state index is 0.572. The monoisotopic (exact) mass is 340 g/mol. The van der Waals surface area contributed by atoms with Crippen LogP contribution in [0.25, 0.3) is 0 Å². The Kier molecular flexibility index (Phi) is 7.02. The van der Waals surface area contributed by atoms with Crippen LogP contribution < -0.4 is 10.6 Å². The Labute approximate surface area is 142 Å². The Morgan fingerprint density at radius 2 is 2.23 bits per heavy atom. The van der Waals surface area contributed by atoms with Crippen molar-refractivity contribution in [3.8, 4) is 0 Å². The number of guanidine groups is 1. The average molecular weight is 341 g/mol. The molecular formula is C16H28N4S2. The average Bonchev–Trinajstić information content (AvgIpc) is 3.05. The van der Waals surface area contributed by atoms with Gasteiger partial charge >= 0.3 is 0 Å².